The second-order valence-electron chi connectivity index (χ2n) is 8.49. The molecule has 3 aromatic rings. The summed E-state index contributed by atoms with van der Waals surface area (Å²) < 4.78 is 6.68. The first-order valence-electron chi connectivity index (χ1n) is 11.3. The molecule has 2 heterocycles. The van der Waals surface area contributed by atoms with Gasteiger partial charge in [-0.2, -0.15) is 5.10 Å². The van der Waals surface area contributed by atoms with Gasteiger partial charge in [0.1, 0.15) is 0 Å². The van der Waals surface area contributed by atoms with Crippen molar-refractivity contribution in [1.29, 1.82) is 0 Å². The molecule has 1 aromatic heterocycles. The van der Waals surface area contributed by atoms with Crippen molar-refractivity contribution in [3.8, 4) is 0 Å². The van der Waals surface area contributed by atoms with E-state index in [0.717, 1.165) is 19.3 Å². The SMILES string of the molecule is CCCCCn1nc(C(=O)NNC(=O)C2(C)Cc3ccccc3C(=O)O2)c2ccccc2c1=O. The van der Waals surface area contributed by atoms with Crippen molar-refractivity contribution in [2.24, 2.45) is 0 Å². The Morgan fingerprint density at radius 3 is 2.50 bits per heavy atom. The Morgan fingerprint density at radius 2 is 1.74 bits per heavy atom. The standard InChI is InChI=1S/C25H26N4O5/c1-3-4-9-14-29-22(31)19-13-8-7-12-18(19)20(28-29)21(30)26-27-24(33)25(2)15-16-10-5-6-11-17(16)23(32)34-25/h5-8,10-13H,3-4,9,14-15H2,1-2H3,(H,26,30)(H,27,33). The van der Waals surface area contributed by atoms with Crippen molar-refractivity contribution in [1.82, 2.24) is 20.6 Å². The van der Waals surface area contributed by atoms with Crippen molar-refractivity contribution < 1.29 is 19.1 Å². The quantitative estimate of drug-likeness (QED) is 0.330. The molecule has 1 atom stereocenters. The van der Waals surface area contributed by atoms with Crippen LogP contribution in [0.15, 0.2) is 53.3 Å². The van der Waals surface area contributed by atoms with Gasteiger partial charge in [0.15, 0.2) is 11.3 Å². The highest BCUT2D eigenvalue weighted by Crippen LogP contribution is 2.28. The first-order valence-corrected chi connectivity index (χ1v) is 11.3. The molecule has 0 saturated carbocycles. The fourth-order valence-electron chi connectivity index (χ4n) is 4.03. The smallest absolute Gasteiger partial charge is 0.339 e. The monoisotopic (exact) mass is 462 g/mol. The second kappa shape index (κ2) is 9.46. The van der Waals surface area contributed by atoms with E-state index in [-0.39, 0.29) is 17.7 Å². The normalized spacial score (nSPS) is 17.1. The number of nitrogens with one attached hydrogen (secondary N) is 2. The molecule has 1 unspecified atom stereocenters. The van der Waals surface area contributed by atoms with Crippen LogP contribution in [0.25, 0.3) is 10.8 Å². The Bertz CT molecular complexity index is 1330. The van der Waals surface area contributed by atoms with Gasteiger partial charge in [0.2, 0.25) is 0 Å². The highest BCUT2D eigenvalue weighted by molar-refractivity contribution is 6.05. The molecule has 1 aliphatic heterocycles. The van der Waals surface area contributed by atoms with Gasteiger partial charge >= 0.3 is 5.97 Å². The molecule has 4 rings (SSSR count). The van der Waals surface area contributed by atoms with Crippen molar-refractivity contribution in [3.05, 3.63) is 75.7 Å². The van der Waals surface area contributed by atoms with E-state index in [1.54, 1.807) is 48.5 Å². The van der Waals surface area contributed by atoms with E-state index in [0.29, 0.717) is 28.4 Å². The van der Waals surface area contributed by atoms with Crippen molar-refractivity contribution >= 4 is 28.6 Å². The number of hydrogen-bond donors (Lipinski definition) is 2. The van der Waals surface area contributed by atoms with E-state index in [2.05, 4.69) is 22.9 Å². The number of ether oxygens (including phenoxy) is 1. The van der Waals surface area contributed by atoms with Crippen LogP contribution in [0.1, 0.15) is 59.5 Å². The lowest BCUT2D eigenvalue weighted by molar-refractivity contribution is -0.140. The van der Waals surface area contributed by atoms with Crippen molar-refractivity contribution in [2.45, 2.75) is 51.7 Å². The van der Waals surface area contributed by atoms with Crippen LogP contribution in [0.2, 0.25) is 0 Å². The van der Waals surface area contributed by atoms with Gasteiger partial charge in [-0.3, -0.25) is 25.2 Å². The Labute approximate surface area is 196 Å². The molecule has 1 aliphatic rings. The number of nitrogens with zero attached hydrogens (tertiary/aromatic N) is 2. The number of cyclic esters (lactones) is 1. The molecule has 9 nitrogen and oxygen atoms in total. The zero-order valence-corrected chi connectivity index (χ0v) is 19.1. The third-order valence-corrected chi connectivity index (χ3v) is 5.91. The predicted molar refractivity (Wildman–Crippen MR) is 125 cm³/mol. The topological polar surface area (TPSA) is 119 Å². The number of aromatic nitrogens is 2. The van der Waals surface area contributed by atoms with Gasteiger partial charge in [0.25, 0.3) is 17.4 Å². The first kappa shape index (κ1) is 23.2. The van der Waals surface area contributed by atoms with Crippen molar-refractivity contribution in [2.75, 3.05) is 0 Å². The Hall–Kier alpha value is -4.01. The molecular formula is C25H26N4O5. The number of carbonyl (C=O) groups is 3. The Morgan fingerprint density at radius 1 is 1.03 bits per heavy atom. The molecule has 9 heteroatoms. The summed E-state index contributed by atoms with van der Waals surface area (Å²) in [6, 6.07) is 13.6. The summed E-state index contributed by atoms with van der Waals surface area (Å²) in [5.74, 6) is -1.96. The molecule has 0 saturated heterocycles. The van der Waals surface area contributed by atoms with Crippen LogP contribution in [0.4, 0.5) is 0 Å². The molecule has 0 aliphatic carbocycles. The molecule has 0 bridgehead atoms. The van der Waals surface area contributed by atoms with Crippen LogP contribution in [-0.2, 0) is 22.5 Å². The van der Waals surface area contributed by atoms with Crippen LogP contribution in [0, 0.1) is 0 Å². The zero-order valence-electron chi connectivity index (χ0n) is 19.1. The number of rotatable bonds is 6. The van der Waals surface area contributed by atoms with Crippen molar-refractivity contribution in [3.63, 3.8) is 0 Å². The number of unbranched alkanes of at least 4 members (excludes halogenated alkanes) is 2. The largest absolute Gasteiger partial charge is 0.445 e. The van der Waals surface area contributed by atoms with Gasteiger partial charge < -0.3 is 4.74 Å². The number of hydrogen-bond acceptors (Lipinski definition) is 6. The minimum atomic E-state index is -1.49. The number of carbonyl (C=O) groups excluding carboxylic acids is 3. The van der Waals surface area contributed by atoms with Gasteiger partial charge in [-0.15, -0.1) is 0 Å². The molecule has 0 radical (unpaired) electrons. The highest BCUT2D eigenvalue weighted by atomic mass is 16.6. The maximum atomic E-state index is 13.0. The number of fused-ring (bicyclic) bond motifs is 2. The van der Waals surface area contributed by atoms with Crippen LogP contribution in [0.5, 0.6) is 0 Å². The predicted octanol–water partition coefficient (Wildman–Crippen LogP) is 2.52. The Kier molecular flexibility index (Phi) is 6.45. The van der Waals surface area contributed by atoms with E-state index in [4.69, 9.17) is 4.74 Å². The van der Waals surface area contributed by atoms with E-state index in [1.807, 2.05) is 0 Å². The zero-order chi connectivity index (χ0) is 24.3. The first-order chi connectivity index (χ1) is 16.3. The average molecular weight is 463 g/mol. The summed E-state index contributed by atoms with van der Waals surface area (Å²) in [6.45, 7) is 3.93. The molecule has 2 aromatic carbocycles. The summed E-state index contributed by atoms with van der Waals surface area (Å²) >= 11 is 0. The minimum absolute atomic E-state index is 0.0168. The molecule has 2 N–H and O–H groups in total. The molecule has 2 amide bonds. The van der Waals surface area contributed by atoms with Crippen LogP contribution in [-0.4, -0.2) is 33.2 Å². The maximum Gasteiger partial charge on any atom is 0.339 e. The van der Waals surface area contributed by atoms with E-state index in [1.165, 1.54) is 11.6 Å². The van der Waals surface area contributed by atoms with E-state index < -0.39 is 23.4 Å². The Balaban J connectivity index is 1.54. The number of benzene rings is 2. The molecule has 0 fully saturated rings. The molecule has 0 spiro atoms. The highest BCUT2D eigenvalue weighted by Gasteiger charge is 2.42. The summed E-state index contributed by atoms with van der Waals surface area (Å²) in [7, 11) is 0. The summed E-state index contributed by atoms with van der Waals surface area (Å²) in [6.07, 6.45) is 2.83. The third-order valence-electron chi connectivity index (χ3n) is 5.91. The number of esters is 1. The third kappa shape index (κ3) is 4.41. The minimum Gasteiger partial charge on any atom is -0.445 e. The molecule has 34 heavy (non-hydrogen) atoms. The van der Waals surface area contributed by atoms with Crippen LogP contribution >= 0.6 is 0 Å². The lowest BCUT2D eigenvalue weighted by Gasteiger charge is -2.32. The number of hydrazine groups is 1. The average Bonchev–Trinajstić information content (AvgIpc) is 2.84. The summed E-state index contributed by atoms with van der Waals surface area (Å²) in [5.41, 5.74) is 4.07. The molecular weight excluding hydrogens is 436 g/mol. The maximum absolute atomic E-state index is 13.0. The van der Waals surface area contributed by atoms with Gasteiger partial charge in [0, 0.05) is 18.4 Å². The fraction of sp³-hybridized carbons (Fsp3) is 0.320. The summed E-state index contributed by atoms with van der Waals surface area (Å²) in [5, 5.41) is 5.03. The van der Waals surface area contributed by atoms with Crippen LogP contribution < -0.4 is 16.4 Å². The van der Waals surface area contributed by atoms with Gasteiger partial charge in [-0.05, 0) is 31.0 Å². The fourth-order valence-corrected chi connectivity index (χ4v) is 4.03. The van der Waals surface area contributed by atoms with Gasteiger partial charge in [-0.1, -0.05) is 56.2 Å². The van der Waals surface area contributed by atoms with E-state index >= 15 is 0 Å². The van der Waals surface area contributed by atoms with Crippen LogP contribution in [0.3, 0.4) is 0 Å². The van der Waals surface area contributed by atoms with Gasteiger partial charge in [-0.25, -0.2) is 9.48 Å². The molecule has 176 valence electrons. The van der Waals surface area contributed by atoms with E-state index in [9.17, 15) is 19.2 Å². The number of amides is 2. The second-order valence-corrected chi connectivity index (χ2v) is 8.49. The summed E-state index contributed by atoms with van der Waals surface area (Å²) in [4.78, 5) is 51.0. The lowest BCUT2D eigenvalue weighted by atomic mass is 9.89. The lowest BCUT2D eigenvalue weighted by Crippen LogP contribution is -2.56. The van der Waals surface area contributed by atoms with Gasteiger partial charge in [0.05, 0.1) is 10.9 Å². The number of aryl methyl sites for hydroxylation is 1.